The van der Waals surface area contributed by atoms with Crippen molar-refractivity contribution < 1.29 is 13.2 Å². The van der Waals surface area contributed by atoms with Gasteiger partial charge in [-0.2, -0.15) is 0 Å². The predicted octanol–water partition coefficient (Wildman–Crippen LogP) is 4.33. The molecule has 0 fully saturated rings. The van der Waals surface area contributed by atoms with Crippen LogP contribution in [-0.2, 0) is 16.6 Å². The van der Waals surface area contributed by atoms with Crippen LogP contribution in [0.2, 0.25) is 5.02 Å². The number of sulfonamides is 1. The Balaban J connectivity index is 1.64. The molecule has 0 unspecified atom stereocenters. The smallest absolute Gasteiger partial charge is 0.263 e. The lowest BCUT2D eigenvalue weighted by atomic mass is 10.3. The second kappa shape index (κ2) is 7.69. The summed E-state index contributed by atoms with van der Waals surface area (Å²) in [4.78, 5) is 0.143. The highest BCUT2D eigenvalue weighted by molar-refractivity contribution is 9.10. The van der Waals surface area contributed by atoms with Crippen molar-refractivity contribution in [2.45, 2.75) is 11.5 Å². The summed E-state index contributed by atoms with van der Waals surface area (Å²) in [6, 6.07) is 13.2. The quantitative estimate of drug-likeness (QED) is 0.592. The highest BCUT2D eigenvalue weighted by atomic mass is 79.9. The zero-order valence-electron chi connectivity index (χ0n) is 12.5. The molecular formula is C15H11BrClN3O3S2. The summed E-state index contributed by atoms with van der Waals surface area (Å²) in [6.07, 6.45) is 0. The Kier molecular flexibility index (Phi) is 5.57. The molecule has 130 valence electrons. The Morgan fingerprint density at radius 2 is 1.76 bits per heavy atom. The van der Waals surface area contributed by atoms with Crippen LogP contribution in [-0.4, -0.2) is 18.6 Å². The lowest BCUT2D eigenvalue weighted by Gasteiger charge is -2.04. The topological polar surface area (TPSA) is 81.2 Å². The monoisotopic (exact) mass is 459 g/mol. The molecular weight excluding hydrogens is 450 g/mol. The van der Waals surface area contributed by atoms with Gasteiger partial charge in [-0.05, 0) is 48.5 Å². The Morgan fingerprint density at radius 1 is 1.08 bits per heavy atom. The van der Waals surface area contributed by atoms with Crippen LogP contribution in [0.1, 0.15) is 5.01 Å². The summed E-state index contributed by atoms with van der Waals surface area (Å²) in [7, 11) is -3.71. The molecule has 10 heteroatoms. The van der Waals surface area contributed by atoms with Gasteiger partial charge in [-0.1, -0.05) is 38.9 Å². The predicted molar refractivity (Wildman–Crippen MR) is 101 cm³/mol. The fraction of sp³-hybridized carbons (Fsp3) is 0.0667. The van der Waals surface area contributed by atoms with Gasteiger partial charge in [0.25, 0.3) is 10.0 Å². The maximum absolute atomic E-state index is 12.3. The molecule has 3 aromatic rings. The van der Waals surface area contributed by atoms with E-state index in [0.717, 1.165) is 15.8 Å². The molecule has 0 atom stereocenters. The summed E-state index contributed by atoms with van der Waals surface area (Å²) in [5.41, 5.74) is 0. The van der Waals surface area contributed by atoms with Crippen molar-refractivity contribution in [2.24, 2.45) is 0 Å². The number of hydrogen-bond acceptors (Lipinski definition) is 6. The molecule has 0 bridgehead atoms. The van der Waals surface area contributed by atoms with Crippen LogP contribution in [0.25, 0.3) is 0 Å². The van der Waals surface area contributed by atoms with Crippen LogP contribution in [0.5, 0.6) is 5.75 Å². The highest BCUT2D eigenvalue weighted by Gasteiger charge is 2.17. The summed E-state index contributed by atoms with van der Waals surface area (Å²) >= 11 is 10.2. The average Bonchev–Trinajstić information content (AvgIpc) is 3.01. The fourth-order valence-electron chi connectivity index (χ4n) is 1.82. The standard InChI is InChI=1S/C15H11BrClN3O3S2/c16-10-1-7-13(8-2-10)25(21,22)20-15-19-18-14(24-15)9-23-12-5-3-11(17)4-6-12/h1-8H,9H2,(H,19,20). The highest BCUT2D eigenvalue weighted by Crippen LogP contribution is 2.23. The SMILES string of the molecule is O=S(=O)(Nc1nnc(COc2ccc(Cl)cc2)s1)c1ccc(Br)cc1. The molecule has 3 rings (SSSR count). The van der Waals surface area contributed by atoms with Gasteiger partial charge in [0.15, 0.2) is 5.01 Å². The molecule has 0 saturated heterocycles. The largest absolute Gasteiger partial charge is 0.486 e. The first-order valence-electron chi connectivity index (χ1n) is 6.91. The van der Waals surface area contributed by atoms with Gasteiger partial charge in [-0.25, -0.2) is 8.42 Å². The van der Waals surface area contributed by atoms with Gasteiger partial charge < -0.3 is 4.74 Å². The van der Waals surface area contributed by atoms with Crippen molar-refractivity contribution in [3.8, 4) is 5.75 Å². The fourth-order valence-corrected chi connectivity index (χ4v) is 4.09. The zero-order valence-corrected chi connectivity index (χ0v) is 16.5. The maximum atomic E-state index is 12.3. The molecule has 0 spiro atoms. The number of halogens is 2. The lowest BCUT2D eigenvalue weighted by molar-refractivity contribution is 0.304. The number of nitrogens with one attached hydrogen (secondary N) is 1. The molecule has 0 aliphatic heterocycles. The maximum Gasteiger partial charge on any atom is 0.263 e. The minimum Gasteiger partial charge on any atom is -0.486 e. The van der Waals surface area contributed by atoms with Crippen LogP contribution in [0, 0.1) is 0 Å². The summed E-state index contributed by atoms with van der Waals surface area (Å²) < 4.78 is 33.4. The molecule has 25 heavy (non-hydrogen) atoms. The molecule has 0 aliphatic carbocycles. The molecule has 0 radical (unpaired) electrons. The van der Waals surface area contributed by atoms with Gasteiger partial charge in [0, 0.05) is 9.50 Å². The van der Waals surface area contributed by atoms with Crippen molar-refractivity contribution in [3.05, 3.63) is 63.0 Å². The van der Waals surface area contributed by atoms with E-state index >= 15 is 0 Å². The summed E-state index contributed by atoms with van der Waals surface area (Å²) in [5, 5.41) is 9.10. The first-order chi connectivity index (χ1) is 11.9. The third-order valence-electron chi connectivity index (χ3n) is 2.99. The molecule has 6 nitrogen and oxygen atoms in total. The van der Waals surface area contributed by atoms with E-state index in [1.807, 2.05) is 0 Å². The first-order valence-corrected chi connectivity index (χ1v) is 10.4. The zero-order chi connectivity index (χ0) is 17.9. The Morgan fingerprint density at radius 3 is 2.44 bits per heavy atom. The van der Waals surface area contributed by atoms with Gasteiger partial charge in [-0.3, -0.25) is 4.72 Å². The van der Waals surface area contributed by atoms with E-state index < -0.39 is 10.0 Å². The third kappa shape index (κ3) is 4.91. The second-order valence-corrected chi connectivity index (χ2v) is 8.90. The molecule has 0 saturated carbocycles. The number of hydrogen-bond donors (Lipinski definition) is 1. The van der Waals surface area contributed by atoms with Gasteiger partial charge in [0.05, 0.1) is 4.90 Å². The van der Waals surface area contributed by atoms with Crippen LogP contribution >= 0.6 is 38.9 Å². The van der Waals surface area contributed by atoms with Crippen LogP contribution in [0.3, 0.4) is 0 Å². The molecule has 2 aromatic carbocycles. The number of aromatic nitrogens is 2. The van der Waals surface area contributed by atoms with Crippen molar-refractivity contribution in [2.75, 3.05) is 4.72 Å². The second-order valence-electron chi connectivity index (χ2n) is 4.80. The van der Waals surface area contributed by atoms with Crippen molar-refractivity contribution in [1.82, 2.24) is 10.2 Å². The molecule has 1 N–H and O–H groups in total. The summed E-state index contributed by atoms with van der Waals surface area (Å²) in [6.45, 7) is 0.180. The number of nitrogens with zero attached hydrogens (tertiary/aromatic N) is 2. The normalized spacial score (nSPS) is 11.3. The minimum atomic E-state index is -3.71. The molecule has 0 aliphatic rings. The average molecular weight is 461 g/mol. The minimum absolute atomic E-state index is 0.143. The Bertz CT molecular complexity index is 960. The van der Waals surface area contributed by atoms with E-state index in [4.69, 9.17) is 16.3 Å². The van der Waals surface area contributed by atoms with Crippen molar-refractivity contribution >= 4 is 54.0 Å². The third-order valence-corrected chi connectivity index (χ3v) is 6.07. The number of benzene rings is 2. The molecule has 0 amide bonds. The van der Waals surface area contributed by atoms with Gasteiger partial charge >= 0.3 is 0 Å². The first kappa shape index (κ1) is 18.1. The lowest BCUT2D eigenvalue weighted by Crippen LogP contribution is -2.12. The number of rotatable bonds is 6. The Labute approximate surface area is 162 Å². The van der Waals surface area contributed by atoms with E-state index in [1.54, 1.807) is 36.4 Å². The number of ether oxygens (including phenoxy) is 1. The molecule has 1 aromatic heterocycles. The van der Waals surface area contributed by atoms with Crippen molar-refractivity contribution in [3.63, 3.8) is 0 Å². The van der Waals surface area contributed by atoms with Crippen molar-refractivity contribution in [1.29, 1.82) is 0 Å². The number of anilines is 1. The van der Waals surface area contributed by atoms with E-state index in [0.29, 0.717) is 15.8 Å². The van der Waals surface area contributed by atoms with E-state index in [9.17, 15) is 8.42 Å². The van der Waals surface area contributed by atoms with Crippen LogP contribution < -0.4 is 9.46 Å². The van der Waals surface area contributed by atoms with E-state index in [-0.39, 0.29) is 16.6 Å². The van der Waals surface area contributed by atoms with E-state index in [2.05, 4.69) is 30.8 Å². The van der Waals surface area contributed by atoms with Gasteiger partial charge in [-0.15, -0.1) is 10.2 Å². The van der Waals surface area contributed by atoms with Gasteiger partial charge in [0.2, 0.25) is 5.13 Å². The van der Waals surface area contributed by atoms with E-state index in [1.165, 1.54) is 12.1 Å². The van der Waals surface area contributed by atoms with Crippen LogP contribution in [0.15, 0.2) is 57.9 Å². The Hall–Kier alpha value is -1.68. The van der Waals surface area contributed by atoms with Gasteiger partial charge in [0.1, 0.15) is 12.4 Å². The summed E-state index contributed by atoms with van der Waals surface area (Å²) in [5.74, 6) is 0.636. The van der Waals surface area contributed by atoms with Crippen LogP contribution in [0.4, 0.5) is 5.13 Å². The molecule has 1 heterocycles.